The molecule has 102 valence electrons. The lowest BCUT2D eigenvalue weighted by Crippen LogP contribution is -2.31. The van der Waals surface area contributed by atoms with E-state index < -0.39 is 0 Å². The highest BCUT2D eigenvalue weighted by Gasteiger charge is 2.40. The van der Waals surface area contributed by atoms with Crippen LogP contribution in [-0.2, 0) is 0 Å². The summed E-state index contributed by atoms with van der Waals surface area (Å²) in [4.78, 5) is 0. The quantitative estimate of drug-likeness (QED) is 0.864. The van der Waals surface area contributed by atoms with Gasteiger partial charge in [0.2, 0.25) is 0 Å². The molecule has 0 amide bonds. The molecule has 3 rings (SSSR count). The van der Waals surface area contributed by atoms with Crippen LogP contribution >= 0.6 is 0 Å². The number of furan rings is 1. The second kappa shape index (κ2) is 4.68. The van der Waals surface area contributed by atoms with Gasteiger partial charge in [-0.15, -0.1) is 0 Å². The molecule has 1 atom stereocenters. The van der Waals surface area contributed by atoms with Gasteiger partial charge in [0, 0.05) is 5.39 Å². The average Bonchev–Trinajstić information content (AvgIpc) is 3.04. The topological polar surface area (TPSA) is 39.2 Å². The molecule has 1 aliphatic rings. The molecule has 1 aromatic heterocycles. The van der Waals surface area contributed by atoms with Crippen LogP contribution < -0.4 is 5.73 Å². The van der Waals surface area contributed by atoms with Crippen LogP contribution in [0.4, 0.5) is 0 Å². The van der Waals surface area contributed by atoms with Crippen molar-refractivity contribution in [1.82, 2.24) is 0 Å². The zero-order valence-corrected chi connectivity index (χ0v) is 11.9. The van der Waals surface area contributed by atoms with Crippen molar-refractivity contribution in [3.8, 4) is 0 Å². The van der Waals surface area contributed by atoms with Gasteiger partial charge in [0.25, 0.3) is 0 Å². The summed E-state index contributed by atoms with van der Waals surface area (Å²) in [5, 5.41) is 1.18. The van der Waals surface area contributed by atoms with E-state index in [0.717, 1.165) is 17.8 Å². The van der Waals surface area contributed by atoms with Crippen LogP contribution in [0.3, 0.4) is 0 Å². The first-order valence-corrected chi connectivity index (χ1v) is 7.40. The maximum absolute atomic E-state index is 6.55. The Morgan fingerprint density at radius 3 is 2.68 bits per heavy atom. The Morgan fingerprint density at radius 2 is 2.00 bits per heavy atom. The minimum absolute atomic E-state index is 0.0349. The van der Waals surface area contributed by atoms with Crippen LogP contribution in [-0.4, -0.2) is 0 Å². The first-order chi connectivity index (χ1) is 9.14. The molecule has 19 heavy (non-hydrogen) atoms. The standard InChI is InChI=1S/C17H23NO/c1-3-17(8-4-5-9-17)16(18)15-11-13-10-12(2)6-7-14(13)19-15/h6-7,10-11,16H,3-5,8-9,18H2,1-2H3. The maximum atomic E-state index is 6.55. The fourth-order valence-electron chi connectivity index (χ4n) is 3.60. The van der Waals surface area contributed by atoms with Gasteiger partial charge in [-0.2, -0.15) is 0 Å². The zero-order chi connectivity index (χ0) is 13.5. The van der Waals surface area contributed by atoms with Crippen molar-refractivity contribution in [3.63, 3.8) is 0 Å². The summed E-state index contributed by atoms with van der Waals surface area (Å²) in [6, 6.07) is 8.48. The van der Waals surface area contributed by atoms with E-state index in [1.54, 1.807) is 0 Å². The minimum Gasteiger partial charge on any atom is -0.459 e. The van der Waals surface area contributed by atoms with Gasteiger partial charge in [-0.25, -0.2) is 0 Å². The van der Waals surface area contributed by atoms with Crippen molar-refractivity contribution < 1.29 is 4.42 Å². The summed E-state index contributed by atoms with van der Waals surface area (Å²) in [5.74, 6) is 0.962. The fourth-order valence-corrected chi connectivity index (χ4v) is 3.60. The summed E-state index contributed by atoms with van der Waals surface area (Å²) in [6.45, 7) is 4.37. The smallest absolute Gasteiger partial charge is 0.134 e. The van der Waals surface area contributed by atoms with Gasteiger partial charge < -0.3 is 10.2 Å². The second-order valence-corrected chi connectivity index (χ2v) is 6.09. The van der Waals surface area contributed by atoms with E-state index in [0.29, 0.717) is 0 Å². The van der Waals surface area contributed by atoms with E-state index >= 15 is 0 Å². The zero-order valence-electron chi connectivity index (χ0n) is 11.9. The molecule has 0 spiro atoms. The van der Waals surface area contributed by atoms with E-state index in [-0.39, 0.29) is 11.5 Å². The predicted octanol–water partition coefficient (Wildman–Crippen LogP) is 4.71. The Morgan fingerprint density at radius 1 is 1.26 bits per heavy atom. The van der Waals surface area contributed by atoms with E-state index in [1.807, 2.05) is 6.07 Å². The molecule has 0 bridgehead atoms. The highest BCUT2D eigenvalue weighted by molar-refractivity contribution is 5.78. The number of hydrogen-bond donors (Lipinski definition) is 1. The first-order valence-electron chi connectivity index (χ1n) is 7.40. The molecule has 2 N–H and O–H groups in total. The minimum atomic E-state index is 0.0349. The molecule has 0 saturated heterocycles. The van der Waals surface area contributed by atoms with Gasteiger partial charge in [0.15, 0.2) is 0 Å². The van der Waals surface area contributed by atoms with Gasteiger partial charge in [0.1, 0.15) is 11.3 Å². The lowest BCUT2D eigenvalue weighted by molar-refractivity contribution is 0.202. The Labute approximate surface area is 115 Å². The lowest BCUT2D eigenvalue weighted by Gasteiger charge is -2.32. The van der Waals surface area contributed by atoms with Crippen molar-refractivity contribution in [2.24, 2.45) is 11.1 Å². The molecule has 1 aromatic carbocycles. The molecule has 1 saturated carbocycles. The molecule has 1 fully saturated rings. The first kappa shape index (κ1) is 12.7. The van der Waals surface area contributed by atoms with E-state index in [4.69, 9.17) is 10.2 Å². The Hall–Kier alpha value is -1.28. The average molecular weight is 257 g/mol. The Balaban J connectivity index is 1.99. The Kier molecular flexibility index (Phi) is 3.14. The number of fused-ring (bicyclic) bond motifs is 1. The summed E-state index contributed by atoms with van der Waals surface area (Å²) >= 11 is 0. The maximum Gasteiger partial charge on any atom is 0.134 e. The molecule has 2 aromatic rings. The monoisotopic (exact) mass is 257 g/mol. The van der Waals surface area contributed by atoms with Crippen LogP contribution in [0.1, 0.15) is 56.4 Å². The molecule has 1 aliphatic carbocycles. The third-order valence-corrected chi connectivity index (χ3v) is 4.96. The highest BCUT2D eigenvalue weighted by atomic mass is 16.3. The van der Waals surface area contributed by atoms with Crippen LogP contribution in [0, 0.1) is 12.3 Å². The molecular weight excluding hydrogens is 234 g/mol. The molecular formula is C17H23NO. The van der Waals surface area contributed by atoms with Gasteiger partial charge >= 0.3 is 0 Å². The van der Waals surface area contributed by atoms with Gasteiger partial charge in [-0.3, -0.25) is 0 Å². The molecule has 2 nitrogen and oxygen atoms in total. The van der Waals surface area contributed by atoms with Gasteiger partial charge in [0.05, 0.1) is 6.04 Å². The largest absolute Gasteiger partial charge is 0.459 e. The number of benzene rings is 1. The van der Waals surface area contributed by atoms with Crippen molar-refractivity contribution in [3.05, 3.63) is 35.6 Å². The van der Waals surface area contributed by atoms with Crippen molar-refractivity contribution >= 4 is 11.0 Å². The highest BCUT2D eigenvalue weighted by Crippen LogP contribution is 2.49. The SMILES string of the molecule is CCC1(C(N)c2cc3cc(C)ccc3o2)CCCC1. The third kappa shape index (κ3) is 2.08. The number of nitrogens with two attached hydrogens (primary N) is 1. The molecule has 1 heterocycles. The fraction of sp³-hybridized carbons (Fsp3) is 0.529. The lowest BCUT2D eigenvalue weighted by atomic mass is 9.75. The molecule has 2 heteroatoms. The molecule has 1 unspecified atom stereocenters. The summed E-state index contributed by atoms with van der Waals surface area (Å²) in [5.41, 5.74) is 9.03. The molecule has 0 aliphatic heterocycles. The number of aryl methyl sites for hydroxylation is 1. The molecule has 0 radical (unpaired) electrons. The van der Waals surface area contributed by atoms with Crippen molar-refractivity contribution in [2.45, 2.75) is 52.0 Å². The Bertz CT molecular complexity index is 578. The number of rotatable bonds is 3. The van der Waals surface area contributed by atoms with Crippen LogP contribution in [0.15, 0.2) is 28.7 Å². The predicted molar refractivity (Wildman–Crippen MR) is 79.1 cm³/mol. The van der Waals surface area contributed by atoms with Crippen LogP contribution in [0.5, 0.6) is 0 Å². The normalized spacial score (nSPS) is 19.9. The summed E-state index contributed by atoms with van der Waals surface area (Å²) < 4.78 is 6.00. The van der Waals surface area contributed by atoms with Gasteiger partial charge in [-0.05, 0) is 49.8 Å². The third-order valence-electron chi connectivity index (χ3n) is 4.96. The summed E-state index contributed by atoms with van der Waals surface area (Å²) in [7, 11) is 0. The number of hydrogen-bond acceptors (Lipinski definition) is 2. The van der Waals surface area contributed by atoms with Crippen molar-refractivity contribution in [2.75, 3.05) is 0 Å². The van der Waals surface area contributed by atoms with E-state index in [2.05, 4.69) is 32.0 Å². The van der Waals surface area contributed by atoms with Crippen molar-refractivity contribution in [1.29, 1.82) is 0 Å². The van der Waals surface area contributed by atoms with Crippen LogP contribution in [0.2, 0.25) is 0 Å². The van der Waals surface area contributed by atoms with Gasteiger partial charge in [-0.1, -0.05) is 31.4 Å². The second-order valence-electron chi connectivity index (χ2n) is 6.09. The van der Waals surface area contributed by atoms with E-state index in [1.165, 1.54) is 36.6 Å². The van der Waals surface area contributed by atoms with Crippen LogP contribution in [0.25, 0.3) is 11.0 Å². The van der Waals surface area contributed by atoms with E-state index in [9.17, 15) is 0 Å². The summed E-state index contributed by atoms with van der Waals surface area (Å²) in [6.07, 6.45) is 6.23.